The van der Waals surface area contributed by atoms with Crippen LogP contribution in [0.5, 0.6) is 17.2 Å². The molecular formula is C30H35ClFN3O7S2. The summed E-state index contributed by atoms with van der Waals surface area (Å²) in [4.78, 5) is 18.2. The topological polar surface area (TPSA) is 108 Å². The number of aromatic nitrogens is 1. The van der Waals surface area contributed by atoms with Crippen LogP contribution in [0.2, 0.25) is 5.02 Å². The molecule has 0 N–H and O–H groups in total. The SMILES string of the molecule is COc1ccc(CN(c2nccs2)S(=O)(=O)c2cc(Cl)c(OC3C[C@H]4CC[C@@H](C3)N4C(=O)OC(C)(C)C)cc2F)c(OC)c1. The molecule has 10 nitrogen and oxygen atoms in total. The molecule has 0 spiro atoms. The van der Waals surface area contributed by atoms with E-state index in [1.165, 1.54) is 20.4 Å². The van der Waals surface area contributed by atoms with Crippen molar-refractivity contribution in [1.82, 2.24) is 9.88 Å². The Labute approximate surface area is 265 Å². The number of rotatable bonds is 9. The molecular weight excluding hydrogens is 633 g/mol. The standard InChI is InChI=1S/C30H35ClFN3O7S2/c1-30(2,3)42-29(36)35-19-7-8-20(35)13-22(12-19)41-26-16-24(32)27(15-23(26)31)44(37,38)34(28-33-10-11-43-28)17-18-6-9-21(39-4)14-25(18)40-5/h6,9-11,14-16,19-20,22H,7-8,12-13,17H2,1-5H3/t19-,20+,22?. The van der Waals surface area contributed by atoms with Gasteiger partial charge in [0.1, 0.15) is 39.7 Å². The molecule has 2 aliphatic rings. The van der Waals surface area contributed by atoms with Crippen molar-refractivity contribution in [2.75, 3.05) is 18.5 Å². The van der Waals surface area contributed by atoms with Gasteiger partial charge in [0, 0.05) is 54.2 Å². The third-order valence-electron chi connectivity index (χ3n) is 7.58. The lowest BCUT2D eigenvalue weighted by Gasteiger charge is -2.39. The molecule has 2 bridgehead atoms. The van der Waals surface area contributed by atoms with Gasteiger partial charge in [0.05, 0.1) is 25.8 Å². The second-order valence-electron chi connectivity index (χ2n) is 11.7. The summed E-state index contributed by atoms with van der Waals surface area (Å²) in [5.74, 6) is -0.0427. The lowest BCUT2D eigenvalue weighted by atomic mass is 10.00. The molecule has 3 aromatic rings. The predicted octanol–water partition coefficient (Wildman–Crippen LogP) is 6.66. The minimum Gasteiger partial charge on any atom is -0.497 e. The second kappa shape index (κ2) is 12.6. The van der Waals surface area contributed by atoms with Gasteiger partial charge in [0.2, 0.25) is 0 Å². The summed E-state index contributed by atoms with van der Waals surface area (Å²) in [5.41, 5.74) is -0.0850. The summed E-state index contributed by atoms with van der Waals surface area (Å²) in [7, 11) is -1.51. The van der Waals surface area contributed by atoms with Crippen LogP contribution in [0.15, 0.2) is 46.8 Å². The number of thiazole rings is 1. The molecule has 3 heterocycles. The van der Waals surface area contributed by atoms with E-state index in [-0.39, 0.29) is 46.7 Å². The van der Waals surface area contributed by atoms with Crippen molar-refractivity contribution in [1.29, 1.82) is 0 Å². The van der Waals surface area contributed by atoms with Crippen molar-refractivity contribution in [2.24, 2.45) is 0 Å². The number of carbonyl (C=O) groups excluding carboxylic acids is 1. The Balaban J connectivity index is 1.38. The maximum atomic E-state index is 15.7. The zero-order chi connectivity index (χ0) is 31.8. The van der Waals surface area contributed by atoms with Crippen LogP contribution < -0.4 is 18.5 Å². The number of nitrogens with zero attached hydrogens (tertiary/aromatic N) is 3. The summed E-state index contributed by atoms with van der Waals surface area (Å²) < 4.78 is 67.1. The molecule has 14 heteroatoms. The highest BCUT2D eigenvalue weighted by atomic mass is 35.5. The Hall–Kier alpha value is -3.29. The lowest BCUT2D eigenvalue weighted by Crippen LogP contribution is -2.50. The molecule has 2 aromatic carbocycles. The van der Waals surface area contributed by atoms with Crippen LogP contribution in [0.1, 0.15) is 52.0 Å². The minimum atomic E-state index is -4.48. The van der Waals surface area contributed by atoms with E-state index in [9.17, 15) is 13.2 Å². The highest BCUT2D eigenvalue weighted by molar-refractivity contribution is 7.93. The van der Waals surface area contributed by atoms with E-state index in [2.05, 4.69) is 4.98 Å². The van der Waals surface area contributed by atoms with Crippen molar-refractivity contribution in [3.05, 3.63) is 58.3 Å². The fraction of sp³-hybridized carbons (Fsp3) is 0.467. The van der Waals surface area contributed by atoms with Crippen LogP contribution in [0.4, 0.5) is 14.3 Å². The van der Waals surface area contributed by atoms with Crippen LogP contribution in [0, 0.1) is 5.82 Å². The summed E-state index contributed by atoms with van der Waals surface area (Å²) >= 11 is 7.63. The fourth-order valence-corrected chi connectivity index (χ4v) is 8.28. The van der Waals surface area contributed by atoms with E-state index < -0.39 is 26.3 Å². The molecule has 1 aromatic heterocycles. The number of benzene rings is 2. The number of methoxy groups -OCH3 is 2. The van der Waals surface area contributed by atoms with E-state index in [4.69, 9.17) is 30.5 Å². The van der Waals surface area contributed by atoms with E-state index in [1.54, 1.807) is 28.5 Å². The van der Waals surface area contributed by atoms with Gasteiger partial charge in [-0.05, 0) is 51.8 Å². The zero-order valence-corrected chi connectivity index (χ0v) is 27.5. The van der Waals surface area contributed by atoms with Crippen molar-refractivity contribution in [3.8, 4) is 17.2 Å². The first kappa shape index (κ1) is 32.1. The highest BCUT2D eigenvalue weighted by Gasteiger charge is 2.46. The molecule has 2 aliphatic heterocycles. The molecule has 2 fully saturated rings. The summed E-state index contributed by atoms with van der Waals surface area (Å²) in [6.45, 7) is 5.30. The fourth-order valence-electron chi connectivity index (χ4n) is 5.66. The van der Waals surface area contributed by atoms with Gasteiger partial charge in [-0.3, -0.25) is 0 Å². The number of hydrogen-bond donors (Lipinski definition) is 0. The van der Waals surface area contributed by atoms with Gasteiger partial charge < -0.3 is 23.8 Å². The van der Waals surface area contributed by atoms with E-state index in [1.807, 2.05) is 20.8 Å². The molecule has 1 unspecified atom stereocenters. The van der Waals surface area contributed by atoms with Crippen LogP contribution in [0.3, 0.4) is 0 Å². The summed E-state index contributed by atoms with van der Waals surface area (Å²) in [6, 6.07) is 6.92. The average Bonchev–Trinajstić information content (AvgIpc) is 3.58. The van der Waals surface area contributed by atoms with Crippen LogP contribution >= 0.6 is 22.9 Å². The molecule has 3 atom stereocenters. The normalized spacial score (nSPS) is 19.9. The maximum Gasteiger partial charge on any atom is 0.410 e. The quantitative estimate of drug-likeness (QED) is 0.249. The number of halogens is 2. The van der Waals surface area contributed by atoms with Gasteiger partial charge in [0.25, 0.3) is 10.0 Å². The van der Waals surface area contributed by atoms with Crippen LogP contribution in [0.25, 0.3) is 0 Å². The molecule has 1 amide bonds. The predicted molar refractivity (Wildman–Crippen MR) is 165 cm³/mol. The minimum absolute atomic E-state index is 0.0378. The first-order chi connectivity index (χ1) is 20.8. The summed E-state index contributed by atoms with van der Waals surface area (Å²) in [5, 5.41) is 1.73. The third-order valence-corrected chi connectivity index (χ3v) is 10.5. The highest BCUT2D eigenvalue weighted by Crippen LogP contribution is 2.41. The third kappa shape index (κ3) is 6.69. The Morgan fingerprint density at radius 1 is 1.11 bits per heavy atom. The van der Waals surface area contributed by atoms with E-state index in [0.717, 1.165) is 40.6 Å². The van der Waals surface area contributed by atoms with E-state index >= 15 is 4.39 Å². The molecule has 5 rings (SSSR count). The number of fused-ring (bicyclic) bond motifs is 2. The first-order valence-corrected chi connectivity index (χ1v) is 16.8. The molecule has 0 aliphatic carbocycles. The van der Waals surface area contributed by atoms with E-state index in [0.29, 0.717) is 29.9 Å². The molecule has 238 valence electrons. The monoisotopic (exact) mass is 667 g/mol. The van der Waals surface area contributed by atoms with Crippen LogP contribution in [-0.2, 0) is 21.3 Å². The summed E-state index contributed by atoms with van der Waals surface area (Å²) in [6.07, 6.45) is 3.46. The first-order valence-electron chi connectivity index (χ1n) is 14.1. The smallest absolute Gasteiger partial charge is 0.410 e. The Morgan fingerprint density at radius 2 is 1.82 bits per heavy atom. The number of anilines is 1. The maximum absolute atomic E-state index is 15.7. The zero-order valence-electron chi connectivity index (χ0n) is 25.1. The van der Waals surface area contributed by atoms with Gasteiger partial charge in [-0.1, -0.05) is 11.6 Å². The lowest BCUT2D eigenvalue weighted by molar-refractivity contribution is -0.00710. The van der Waals surface area contributed by atoms with Gasteiger partial charge >= 0.3 is 6.09 Å². The van der Waals surface area contributed by atoms with Crippen molar-refractivity contribution < 1.29 is 36.6 Å². The number of sulfonamides is 1. The number of amides is 1. The Bertz CT molecular complexity index is 1600. The van der Waals surface area contributed by atoms with Crippen molar-refractivity contribution in [3.63, 3.8) is 0 Å². The Kier molecular flexibility index (Phi) is 9.20. The molecule has 0 saturated carbocycles. The Morgan fingerprint density at radius 3 is 2.41 bits per heavy atom. The number of piperidine rings is 1. The molecule has 2 saturated heterocycles. The van der Waals surface area contributed by atoms with Crippen molar-refractivity contribution >= 4 is 44.2 Å². The van der Waals surface area contributed by atoms with Crippen LogP contribution in [-0.4, -0.2) is 62.4 Å². The van der Waals surface area contributed by atoms with Gasteiger partial charge in [-0.2, -0.15) is 0 Å². The number of hydrogen-bond acceptors (Lipinski definition) is 9. The van der Waals surface area contributed by atoms with Gasteiger partial charge in [-0.15, -0.1) is 11.3 Å². The molecule has 0 radical (unpaired) electrons. The van der Waals surface area contributed by atoms with Gasteiger partial charge in [0.15, 0.2) is 5.13 Å². The second-order valence-corrected chi connectivity index (χ2v) is 14.8. The number of carbonyl (C=O) groups is 1. The molecule has 44 heavy (non-hydrogen) atoms. The number of ether oxygens (including phenoxy) is 4. The van der Waals surface area contributed by atoms with Crippen molar-refractivity contribution in [2.45, 2.75) is 81.7 Å². The largest absolute Gasteiger partial charge is 0.497 e. The average molecular weight is 668 g/mol. The van der Waals surface area contributed by atoms with Gasteiger partial charge in [-0.25, -0.2) is 26.9 Å².